The van der Waals surface area contributed by atoms with Crippen molar-refractivity contribution in [1.82, 2.24) is 58.8 Å². The zero-order valence-electron chi connectivity index (χ0n) is 59.4. The fraction of sp³-hybridized carbons (Fsp3) is 0.873. The predicted molar refractivity (Wildman–Crippen MR) is 358 cm³/mol. The summed E-state index contributed by atoms with van der Waals surface area (Å²) in [5.74, 6) is -4.71. The number of rotatable bonds is 10. The van der Waals surface area contributed by atoms with Gasteiger partial charge in [0.25, 0.3) is 0 Å². The average Bonchev–Trinajstić information content (AvgIpc) is 1.35. The molecule has 0 amide bonds. The van der Waals surface area contributed by atoms with Crippen molar-refractivity contribution in [2.45, 2.75) is 131 Å². The standard InChI is InChI=1S/2C6H11NO3.2C6H11NO2.C6H9NO2.C5H9NO2.3C5H11NO.C5H13NO.C4H9NO.C4H9N/c1-7-3-4(8)2-5(7)6(9)10;1-7-3-2-4(8)5(7)6(9)10;1-7-3-2-5(4-7)6(8)9;2*1-7-4-2-3-5(7)6(8)9;1-6-3-2-4(6)5(7)8;1-6-3-5(4-6)7-2;1-6-3-2-5(7)4-6;1-6-4-2-3-5(6)7;1-6(2)4-5-7-3;1-5-2-4(6)3-5;1-5-3-2-4-5/h2*4-5,8H,2-3H2,1H3,(H,9,10);2*5H,2-4H2,1H3,(H,8,9);2-3,5H,4H2,1H3,(H,8,9);4H,2-3H2,1H3,(H,7,8);5H,3-4H2,1-2H3;2*5,7H,2-4H2,1H3;4-5H2,1-3H3;4,6H,2-3H2,1H3;2-4H2,1H3. The molecule has 11 N–H and O–H groups in total. The molecule has 31 nitrogen and oxygen atoms in total. The molecule has 10 saturated heterocycles. The van der Waals surface area contributed by atoms with Crippen LogP contribution >= 0.6 is 0 Å². The summed E-state index contributed by atoms with van der Waals surface area (Å²) in [5, 5.41) is 95.5. The van der Waals surface area contributed by atoms with Gasteiger partial charge in [-0.25, -0.2) is 0 Å². The highest BCUT2D eigenvalue weighted by Crippen LogP contribution is 2.18. The first kappa shape index (κ1) is 89.8. The van der Waals surface area contributed by atoms with Crippen molar-refractivity contribution in [3.63, 3.8) is 0 Å². The number of ether oxygens (including phenoxy) is 2. The monoisotopic (exact) mass is 1350 g/mol. The lowest BCUT2D eigenvalue weighted by Gasteiger charge is -2.34. The number of hydrogen-bond acceptors (Lipinski definition) is 25. The second-order valence-corrected chi connectivity index (χ2v) is 26.4. The van der Waals surface area contributed by atoms with Crippen molar-refractivity contribution >= 4 is 35.8 Å². The third-order valence-electron chi connectivity index (χ3n) is 17.3. The molecule has 0 aromatic carbocycles. The highest BCUT2D eigenvalue weighted by atomic mass is 16.5. The molecule has 552 valence electrons. The number of carboxylic acids is 6. The quantitative estimate of drug-likeness (QED) is 0.102. The van der Waals surface area contributed by atoms with Crippen molar-refractivity contribution in [1.29, 1.82) is 0 Å². The van der Waals surface area contributed by atoms with E-state index >= 15 is 0 Å². The minimum atomic E-state index is -0.937. The van der Waals surface area contributed by atoms with Crippen LogP contribution in [0.4, 0.5) is 0 Å². The maximum Gasteiger partial charge on any atom is 0.324 e. The van der Waals surface area contributed by atoms with Crippen LogP contribution in [0.5, 0.6) is 0 Å². The van der Waals surface area contributed by atoms with Gasteiger partial charge in [-0.1, -0.05) is 12.2 Å². The van der Waals surface area contributed by atoms with E-state index in [1.165, 1.54) is 19.5 Å². The SMILES string of the molecule is CN1CC(O)C1.CN1CC(O)CC1C(=O)O.CN1CC=CC1C(=O)O.CN1CCC(C(=O)O)C1.CN1CCC(O)C1.CN1CCC(O)C1C(=O)O.CN1CCC1.CN1CCC1C(=O)O.CN1CCCC1C(=O)O.CN1CCCC1O.COC1CN(C)C1.COCCN(C)C. The molecule has 11 rings (SSSR count). The van der Waals surface area contributed by atoms with Crippen LogP contribution in [0.15, 0.2) is 12.2 Å². The van der Waals surface area contributed by atoms with Gasteiger partial charge < -0.3 is 95.0 Å². The summed E-state index contributed by atoms with van der Waals surface area (Å²) >= 11 is 0. The van der Waals surface area contributed by atoms with E-state index in [1.807, 2.05) is 82.1 Å². The number of likely N-dealkylation sites (N-methyl/N-ethyl adjacent to an activating group) is 9. The van der Waals surface area contributed by atoms with Crippen LogP contribution in [0.3, 0.4) is 0 Å². The van der Waals surface area contributed by atoms with Gasteiger partial charge in [0.2, 0.25) is 0 Å². The molecule has 10 fully saturated rings. The lowest BCUT2D eigenvalue weighted by molar-refractivity contribution is -0.147. The van der Waals surface area contributed by atoms with Crippen LogP contribution in [0, 0.1) is 5.92 Å². The molecule has 0 radical (unpaired) electrons. The molecule has 10 unspecified atom stereocenters. The molecule has 11 aliphatic rings. The molecule has 0 saturated carbocycles. The molecule has 0 spiro atoms. The molecule has 0 aromatic heterocycles. The summed E-state index contributed by atoms with van der Waals surface area (Å²) in [6.07, 6.45) is 11.5. The number of nitrogens with zero attached hydrogens (tertiary/aromatic N) is 12. The van der Waals surface area contributed by atoms with Gasteiger partial charge in [-0.15, -0.1) is 0 Å². The number of likely N-dealkylation sites (tertiary alicyclic amines) is 10. The third kappa shape index (κ3) is 39.3. The highest BCUT2D eigenvalue weighted by molar-refractivity contribution is 5.77. The summed E-state index contributed by atoms with van der Waals surface area (Å²) in [7, 11) is 28.5. The number of carbonyl (C=O) groups is 6. The molecule has 31 heteroatoms. The first-order chi connectivity index (χ1) is 43.9. The second kappa shape index (κ2) is 49.3. The van der Waals surface area contributed by atoms with Gasteiger partial charge in [0.05, 0.1) is 43.0 Å². The van der Waals surface area contributed by atoms with E-state index in [2.05, 4.69) is 38.6 Å². The van der Waals surface area contributed by atoms with Gasteiger partial charge in [-0.2, -0.15) is 0 Å². The van der Waals surface area contributed by atoms with E-state index in [0.717, 1.165) is 137 Å². The predicted octanol–water partition coefficient (Wildman–Crippen LogP) is -2.35. The van der Waals surface area contributed by atoms with E-state index in [-0.39, 0.29) is 36.4 Å². The van der Waals surface area contributed by atoms with Crippen LogP contribution in [-0.4, -0.2) is 441 Å². The topological polar surface area (TPSA) is 382 Å². The fourth-order valence-corrected chi connectivity index (χ4v) is 10.6. The molecule has 0 aliphatic carbocycles. The van der Waals surface area contributed by atoms with Crippen LogP contribution < -0.4 is 0 Å². The van der Waals surface area contributed by atoms with E-state index in [4.69, 9.17) is 65.6 Å². The smallest absolute Gasteiger partial charge is 0.324 e. The van der Waals surface area contributed by atoms with Crippen molar-refractivity contribution in [3.05, 3.63) is 12.2 Å². The number of aliphatic hydroxyl groups excluding tert-OH is 5. The number of aliphatic hydroxyl groups is 5. The minimum Gasteiger partial charge on any atom is -0.481 e. The molecule has 11 heterocycles. The van der Waals surface area contributed by atoms with Crippen molar-refractivity contribution in [2.75, 3.05) is 224 Å². The van der Waals surface area contributed by atoms with E-state index in [1.54, 1.807) is 56.1 Å². The summed E-state index contributed by atoms with van der Waals surface area (Å²) in [6.45, 7) is 16.8. The Morgan fingerprint density at radius 3 is 1.09 bits per heavy atom. The van der Waals surface area contributed by atoms with E-state index < -0.39 is 66.1 Å². The van der Waals surface area contributed by atoms with Gasteiger partial charge in [0, 0.05) is 106 Å². The minimum absolute atomic E-state index is 0.0324. The first-order valence-electron chi connectivity index (χ1n) is 32.7. The molecule has 11 aliphatic heterocycles. The average molecular weight is 1360 g/mol. The summed E-state index contributed by atoms with van der Waals surface area (Å²) in [5.41, 5.74) is 0. The maximum atomic E-state index is 10.4. The second-order valence-electron chi connectivity index (χ2n) is 26.4. The molecule has 10 atom stereocenters. The van der Waals surface area contributed by atoms with Crippen molar-refractivity contribution < 1.29 is 94.4 Å². The Morgan fingerprint density at radius 2 is 0.936 bits per heavy atom. The van der Waals surface area contributed by atoms with Crippen molar-refractivity contribution in [2.24, 2.45) is 5.92 Å². The lowest BCUT2D eigenvalue weighted by atomic mass is 10.1. The number of hydrogen-bond donors (Lipinski definition) is 11. The van der Waals surface area contributed by atoms with E-state index in [9.17, 15) is 28.8 Å². The Bertz CT molecular complexity index is 2080. The summed E-state index contributed by atoms with van der Waals surface area (Å²) in [6, 6.07) is -2.00. The lowest BCUT2D eigenvalue weighted by Crippen LogP contribution is -2.49. The van der Waals surface area contributed by atoms with Crippen molar-refractivity contribution in [3.8, 4) is 0 Å². The largest absolute Gasteiger partial charge is 0.481 e. The Kier molecular flexibility index (Phi) is 47.1. The number of methoxy groups -OCH3 is 2. The van der Waals surface area contributed by atoms with Crippen LogP contribution in [0.2, 0.25) is 0 Å². The third-order valence-corrected chi connectivity index (χ3v) is 17.3. The van der Waals surface area contributed by atoms with Crippen LogP contribution in [0.25, 0.3) is 0 Å². The summed E-state index contributed by atoms with van der Waals surface area (Å²) < 4.78 is 9.83. The first-order valence-corrected chi connectivity index (χ1v) is 32.7. The van der Waals surface area contributed by atoms with Gasteiger partial charge in [0.1, 0.15) is 36.4 Å². The highest BCUT2D eigenvalue weighted by Gasteiger charge is 2.36. The Hall–Kier alpha value is -4.20. The molecular formula is C63H126N12O19. The fourth-order valence-electron chi connectivity index (χ4n) is 10.6. The molecule has 0 bridgehead atoms. The van der Waals surface area contributed by atoms with Gasteiger partial charge in [0.15, 0.2) is 0 Å². The molecule has 0 aromatic rings. The Morgan fingerprint density at radius 1 is 0.436 bits per heavy atom. The van der Waals surface area contributed by atoms with Crippen LogP contribution in [0.1, 0.15) is 64.2 Å². The number of aliphatic carboxylic acids is 6. The van der Waals surface area contributed by atoms with Gasteiger partial charge in [-0.05, 0) is 176 Å². The van der Waals surface area contributed by atoms with Gasteiger partial charge >= 0.3 is 35.8 Å². The Labute approximate surface area is 560 Å². The van der Waals surface area contributed by atoms with Gasteiger partial charge in [-0.3, -0.25) is 58.2 Å². The zero-order valence-corrected chi connectivity index (χ0v) is 59.4. The number of β-amino-alcohol motifs (C(OH)–C–C–N with tert-alkyl or cyclic N) is 3. The maximum absolute atomic E-state index is 10.4. The zero-order chi connectivity index (χ0) is 71.9. The molecular weight excluding hydrogens is 1230 g/mol. The normalized spacial score (nSPS) is 28.8. The number of carboxylic acid groups (broad SMARTS) is 6. The van der Waals surface area contributed by atoms with E-state index in [0.29, 0.717) is 32.0 Å². The summed E-state index contributed by atoms with van der Waals surface area (Å²) in [4.78, 5) is 85.6. The Balaban J connectivity index is 0.00000101. The van der Waals surface area contributed by atoms with Crippen LogP contribution in [-0.2, 0) is 38.2 Å². The molecule has 94 heavy (non-hydrogen) atoms.